The van der Waals surface area contributed by atoms with Crippen molar-refractivity contribution in [2.75, 3.05) is 18.4 Å². The van der Waals surface area contributed by atoms with E-state index in [9.17, 15) is 4.79 Å². The SMILES string of the molecule is CC(C)(C)OC(=O)NCCNc1ccc2[nH]ncc2c1. The van der Waals surface area contributed by atoms with Gasteiger partial charge in [-0.05, 0) is 39.0 Å². The highest BCUT2D eigenvalue weighted by molar-refractivity contribution is 5.81. The Hall–Kier alpha value is -2.24. The Morgan fingerprint density at radius 3 is 2.90 bits per heavy atom. The summed E-state index contributed by atoms with van der Waals surface area (Å²) in [6, 6.07) is 5.94. The number of nitrogens with zero attached hydrogens (tertiary/aromatic N) is 1. The number of aromatic amines is 1. The molecule has 0 aliphatic rings. The van der Waals surface area contributed by atoms with Crippen LogP contribution >= 0.6 is 0 Å². The molecule has 0 saturated heterocycles. The van der Waals surface area contributed by atoms with Crippen LogP contribution in [-0.4, -0.2) is 35.0 Å². The molecule has 0 saturated carbocycles. The van der Waals surface area contributed by atoms with Gasteiger partial charge in [0, 0.05) is 24.2 Å². The number of amides is 1. The summed E-state index contributed by atoms with van der Waals surface area (Å²) in [4.78, 5) is 11.4. The highest BCUT2D eigenvalue weighted by Gasteiger charge is 2.15. The number of anilines is 1. The standard InChI is InChI=1S/C14H20N4O2/c1-14(2,3)20-13(19)16-7-6-15-11-4-5-12-10(8-11)9-17-18-12/h4-5,8-9,15H,6-7H2,1-3H3,(H,16,19)(H,17,18). The van der Waals surface area contributed by atoms with Crippen molar-refractivity contribution in [2.24, 2.45) is 0 Å². The fraction of sp³-hybridized carbons (Fsp3) is 0.429. The highest BCUT2D eigenvalue weighted by Crippen LogP contribution is 2.16. The predicted octanol–water partition coefficient (Wildman–Crippen LogP) is 2.50. The molecule has 0 radical (unpaired) electrons. The van der Waals surface area contributed by atoms with E-state index in [4.69, 9.17) is 4.74 Å². The molecule has 0 fully saturated rings. The molecule has 0 spiro atoms. The van der Waals surface area contributed by atoms with E-state index >= 15 is 0 Å². The van der Waals surface area contributed by atoms with Gasteiger partial charge in [-0.1, -0.05) is 0 Å². The molecule has 1 amide bonds. The lowest BCUT2D eigenvalue weighted by Gasteiger charge is -2.19. The van der Waals surface area contributed by atoms with E-state index in [1.54, 1.807) is 6.20 Å². The number of nitrogens with one attached hydrogen (secondary N) is 3. The number of fused-ring (bicyclic) bond motifs is 1. The molecule has 1 aromatic heterocycles. The second-order valence-electron chi connectivity index (χ2n) is 5.53. The topological polar surface area (TPSA) is 79.0 Å². The van der Waals surface area contributed by atoms with E-state index in [2.05, 4.69) is 20.8 Å². The summed E-state index contributed by atoms with van der Waals surface area (Å²) in [5.74, 6) is 0. The molecule has 2 rings (SSSR count). The number of rotatable bonds is 4. The summed E-state index contributed by atoms with van der Waals surface area (Å²) < 4.78 is 5.15. The third-order valence-electron chi connectivity index (χ3n) is 2.56. The molecule has 0 aliphatic heterocycles. The first-order valence-electron chi connectivity index (χ1n) is 6.58. The molecule has 20 heavy (non-hydrogen) atoms. The van der Waals surface area contributed by atoms with Crippen LogP contribution in [0.25, 0.3) is 10.9 Å². The Kier molecular flexibility index (Phi) is 4.12. The number of carbonyl (C=O) groups excluding carboxylic acids is 1. The van der Waals surface area contributed by atoms with Gasteiger partial charge in [0.15, 0.2) is 0 Å². The minimum Gasteiger partial charge on any atom is -0.444 e. The fourth-order valence-electron chi connectivity index (χ4n) is 1.74. The third-order valence-corrected chi connectivity index (χ3v) is 2.56. The summed E-state index contributed by atoms with van der Waals surface area (Å²) in [5, 5.41) is 13.9. The summed E-state index contributed by atoms with van der Waals surface area (Å²) in [6.07, 6.45) is 1.38. The second-order valence-corrected chi connectivity index (χ2v) is 5.53. The number of alkyl carbamates (subject to hydrolysis) is 1. The van der Waals surface area contributed by atoms with Gasteiger partial charge in [-0.15, -0.1) is 0 Å². The first-order valence-corrected chi connectivity index (χ1v) is 6.58. The van der Waals surface area contributed by atoms with Crippen molar-refractivity contribution in [3.8, 4) is 0 Å². The first-order chi connectivity index (χ1) is 9.44. The average molecular weight is 276 g/mol. The van der Waals surface area contributed by atoms with Crippen molar-refractivity contribution in [3.63, 3.8) is 0 Å². The van der Waals surface area contributed by atoms with E-state index in [0.717, 1.165) is 16.6 Å². The Morgan fingerprint density at radius 1 is 1.35 bits per heavy atom. The van der Waals surface area contributed by atoms with E-state index < -0.39 is 11.7 Å². The Morgan fingerprint density at radius 2 is 2.15 bits per heavy atom. The molecule has 108 valence electrons. The zero-order valence-corrected chi connectivity index (χ0v) is 12.0. The fourth-order valence-corrected chi connectivity index (χ4v) is 1.74. The minimum absolute atomic E-state index is 0.399. The maximum Gasteiger partial charge on any atom is 0.407 e. The van der Waals surface area contributed by atoms with Crippen LogP contribution in [0, 0.1) is 0 Å². The largest absolute Gasteiger partial charge is 0.444 e. The number of aromatic nitrogens is 2. The normalized spacial score (nSPS) is 11.3. The molecule has 0 atom stereocenters. The van der Waals surface area contributed by atoms with Crippen LogP contribution in [0.1, 0.15) is 20.8 Å². The molecule has 0 aliphatic carbocycles. The average Bonchev–Trinajstić information content (AvgIpc) is 2.79. The minimum atomic E-state index is -0.468. The lowest BCUT2D eigenvalue weighted by Crippen LogP contribution is -2.34. The van der Waals surface area contributed by atoms with E-state index in [1.807, 2.05) is 39.0 Å². The summed E-state index contributed by atoms with van der Waals surface area (Å²) in [6.45, 7) is 6.64. The summed E-state index contributed by atoms with van der Waals surface area (Å²) in [7, 11) is 0. The van der Waals surface area contributed by atoms with Gasteiger partial charge in [0.2, 0.25) is 0 Å². The van der Waals surface area contributed by atoms with Crippen LogP contribution in [-0.2, 0) is 4.74 Å². The predicted molar refractivity (Wildman–Crippen MR) is 78.8 cm³/mol. The van der Waals surface area contributed by atoms with Gasteiger partial charge >= 0.3 is 6.09 Å². The van der Waals surface area contributed by atoms with Gasteiger partial charge in [-0.25, -0.2) is 4.79 Å². The van der Waals surface area contributed by atoms with Crippen molar-refractivity contribution in [1.29, 1.82) is 0 Å². The van der Waals surface area contributed by atoms with Crippen LogP contribution in [0.3, 0.4) is 0 Å². The molecule has 3 N–H and O–H groups in total. The monoisotopic (exact) mass is 276 g/mol. The molecule has 1 aromatic carbocycles. The maximum absolute atomic E-state index is 11.4. The molecule has 2 aromatic rings. The second kappa shape index (κ2) is 5.81. The number of benzene rings is 1. The van der Waals surface area contributed by atoms with Crippen LogP contribution in [0.4, 0.5) is 10.5 Å². The van der Waals surface area contributed by atoms with Crippen LogP contribution < -0.4 is 10.6 Å². The molecule has 0 unspecified atom stereocenters. The first kappa shape index (κ1) is 14.2. The molecule has 1 heterocycles. The van der Waals surface area contributed by atoms with Gasteiger partial charge in [0.25, 0.3) is 0 Å². The molecular weight excluding hydrogens is 256 g/mol. The van der Waals surface area contributed by atoms with Crippen LogP contribution in [0.5, 0.6) is 0 Å². The van der Waals surface area contributed by atoms with Gasteiger partial charge in [-0.3, -0.25) is 5.10 Å². The van der Waals surface area contributed by atoms with Gasteiger partial charge in [-0.2, -0.15) is 5.10 Å². The smallest absolute Gasteiger partial charge is 0.407 e. The van der Waals surface area contributed by atoms with E-state index in [0.29, 0.717) is 13.1 Å². The van der Waals surface area contributed by atoms with Gasteiger partial charge in [0.1, 0.15) is 5.60 Å². The van der Waals surface area contributed by atoms with Gasteiger partial charge < -0.3 is 15.4 Å². The summed E-state index contributed by atoms with van der Waals surface area (Å²) >= 11 is 0. The van der Waals surface area contributed by atoms with Crippen LogP contribution in [0.2, 0.25) is 0 Å². The van der Waals surface area contributed by atoms with Crippen molar-refractivity contribution < 1.29 is 9.53 Å². The van der Waals surface area contributed by atoms with Crippen molar-refractivity contribution >= 4 is 22.7 Å². The maximum atomic E-state index is 11.4. The number of hydrogen-bond acceptors (Lipinski definition) is 4. The van der Waals surface area contributed by atoms with Gasteiger partial charge in [0.05, 0.1) is 11.7 Å². The van der Waals surface area contributed by atoms with Crippen molar-refractivity contribution in [3.05, 3.63) is 24.4 Å². The van der Waals surface area contributed by atoms with Crippen LogP contribution in [0.15, 0.2) is 24.4 Å². The van der Waals surface area contributed by atoms with Crippen molar-refractivity contribution in [2.45, 2.75) is 26.4 Å². The van der Waals surface area contributed by atoms with Crippen molar-refractivity contribution in [1.82, 2.24) is 15.5 Å². The number of hydrogen-bond donors (Lipinski definition) is 3. The number of H-pyrrole nitrogens is 1. The molecule has 0 bridgehead atoms. The molecule has 6 nitrogen and oxygen atoms in total. The lowest BCUT2D eigenvalue weighted by molar-refractivity contribution is 0.0530. The zero-order valence-electron chi connectivity index (χ0n) is 12.0. The Bertz CT molecular complexity index is 586. The molecule has 6 heteroatoms. The number of ether oxygens (including phenoxy) is 1. The van der Waals surface area contributed by atoms with E-state index in [1.165, 1.54) is 0 Å². The highest BCUT2D eigenvalue weighted by atomic mass is 16.6. The Balaban J connectivity index is 1.74. The molecular formula is C14H20N4O2. The van der Waals surface area contributed by atoms with E-state index in [-0.39, 0.29) is 0 Å². The zero-order chi connectivity index (χ0) is 14.6. The lowest BCUT2D eigenvalue weighted by atomic mass is 10.2. The Labute approximate surface area is 117 Å². The number of carbonyl (C=O) groups is 1. The third kappa shape index (κ3) is 4.15. The quantitative estimate of drug-likeness (QED) is 0.750. The summed E-state index contributed by atoms with van der Waals surface area (Å²) in [5.41, 5.74) is 1.52.